The molecular formula is C14H14BrN3OS. The van der Waals surface area contributed by atoms with Crippen LogP contribution in [0.5, 0.6) is 0 Å². The second-order valence-corrected chi connectivity index (χ2v) is 6.30. The molecule has 20 heavy (non-hydrogen) atoms. The highest BCUT2D eigenvalue weighted by Gasteiger charge is 2.08. The summed E-state index contributed by atoms with van der Waals surface area (Å²) in [7, 11) is 0. The summed E-state index contributed by atoms with van der Waals surface area (Å²) in [5.41, 5.74) is 8.43. The SMILES string of the molecule is Cc1cc(C)nc(Sc2ccc(/C(N)=N/O)c(Br)c2)c1. The second-order valence-electron chi connectivity index (χ2n) is 4.35. The van der Waals surface area contributed by atoms with Crippen LogP contribution in [0, 0.1) is 13.8 Å². The minimum Gasteiger partial charge on any atom is -0.409 e. The first-order chi connectivity index (χ1) is 9.49. The van der Waals surface area contributed by atoms with Crippen LogP contribution in [0.2, 0.25) is 0 Å². The predicted molar refractivity (Wildman–Crippen MR) is 84.5 cm³/mol. The van der Waals surface area contributed by atoms with Crippen molar-refractivity contribution in [2.24, 2.45) is 10.9 Å². The third-order valence-corrected chi connectivity index (χ3v) is 4.18. The fourth-order valence-electron chi connectivity index (χ4n) is 1.80. The van der Waals surface area contributed by atoms with Gasteiger partial charge in [-0.3, -0.25) is 0 Å². The van der Waals surface area contributed by atoms with E-state index in [0.29, 0.717) is 5.56 Å². The first kappa shape index (κ1) is 14.9. The van der Waals surface area contributed by atoms with Crippen LogP contribution < -0.4 is 5.73 Å². The summed E-state index contributed by atoms with van der Waals surface area (Å²) in [6, 6.07) is 9.74. The van der Waals surface area contributed by atoms with Crippen molar-refractivity contribution in [3.63, 3.8) is 0 Å². The van der Waals surface area contributed by atoms with Crippen molar-refractivity contribution in [2.75, 3.05) is 0 Å². The van der Waals surface area contributed by atoms with E-state index in [2.05, 4.69) is 33.0 Å². The van der Waals surface area contributed by atoms with Crippen molar-refractivity contribution in [3.05, 3.63) is 51.6 Å². The number of benzene rings is 1. The minimum atomic E-state index is 0.0814. The number of nitrogens with zero attached hydrogens (tertiary/aromatic N) is 2. The summed E-state index contributed by atoms with van der Waals surface area (Å²) in [5.74, 6) is 0.0814. The van der Waals surface area contributed by atoms with Crippen LogP contribution in [-0.2, 0) is 0 Å². The molecule has 0 radical (unpaired) electrons. The molecule has 0 saturated heterocycles. The van der Waals surface area contributed by atoms with Crippen LogP contribution in [0.3, 0.4) is 0 Å². The van der Waals surface area contributed by atoms with E-state index in [1.165, 1.54) is 5.56 Å². The number of oxime groups is 1. The van der Waals surface area contributed by atoms with Crippen LogP contribution in [0.1, 0.15) is 16.8 Å². The molecule has 2 aromatic rings. The summed E-state index contributed by atoms with van der Waals surface area (Å²) in [4.78, 5) is 5.52. The number of pyridine rings is 1. The normalized spacial score (nSPS) is 11.7. The molecule has 0 atom stereocenters. The van der Waals surface area contributed by atoms with Gasteiger partial charge in [0, 0.05) is 20.6 Å². The van der Waals surface area contributed by atoms with E-state index in [1.54, 1.807) is 11.8 Å². The summed E-state index contributed by atoms with van der Waals surface area (Å²) in [6.45, 7) is 4.03. The van der Waals surface area contributed by atoms with Crippen molar-refractivity contribution in [1.29, 1.82) is 0 Å². The molecule has 4 nitrogen and oxygen atoms in total. The standard InChI is InChI=1S/C14H14BrN3OS/c1-8-5-9(2)17-13(6-8)20-10-3-4-11(12(15)7-10)14(16)18-19/h3-7,19H,1-2H3,(H2,16,18). The number of halogens is 1. The molecule has 0 aliphatic carbocycles. The molecule has 0 bridgehead atoms. The van der Waals surface area contributed by atoms with Crippen molar-refractivity contribution >= 4 is 33.5 Å². The maximum atomic E-state index is 8.71. The summed E-state index contributed by atoms with van der Waals surface area (Å²) < 4.78 is 0.780. The Hall–Kier alpha value is -1.53. The Morgan fingerprint density at radius 3 is 2.65 bits per heavy atom. The van der Waals surface area contributed by atoms with E-state index in [9.17, 15) is 0 Å². The zero-order valence-corrected chi connectivity index (χ0v) is 13.5. The third-order valence-electron chi connectivity index (χ3n) is 2.62. The number of aryl methyl sites for hydroxylation is 2. The second kappa shape index (κ2) is 6.28. The van der Waals surface area contributed by atoms with Gasteiger partial charge in [0.25, 0.3) is 0 Å². The number of aromatic nitrogens is 1. The van der Waals surface area contributed by atoms with E-state index in [1.807, 2.05) is 37.3 Å². The first-order valence-electron chi connectivity index (χ1n) is 5.90. The largest absolute Gasteiger partial charge is 0.409 e. The van der Waals surface area contributed by atoms with Crippen LogP contribution in [-0.4, -0.2) is 16.0 Å². The number of nitrogens with two attached hydrogens (primary N) is 1. The van der Waals surface area contributed by atoms with Gasteiger partial charge >= 0.3 is 0 Å². The van der Waals surface area contributed by atoms with Crippen LogP contribution >= 0.6 is 27.7 Å². The molecule has 3 N–H and O–H groups in total. The molecule has 6 heteroatoms. The average Bonchev–Trinajstić information content (AvgIpc) is 2.36. The summed E-state index contributed by atoms with van der Waals surface area (Å²) in [5, 5.41) is 12.7. The topological polar surface area (TPSA) is 71.5 Å². The van der Waals surface area contributed by atoms with Crippen molar-refractivity contribution in [1.82, 2.24) is 4.98 Å². The molecule has 2 rings (SSSR count). The van der Waals surface area contributed by atoms with Crippen molar-refractivity contribution < 1.29 is 5.21 Å². The lowest BCUT2D eigenvalue weighted by Gasteiger charge is -2.07. The predicted octanol–water partition coefficient (Wildman–Crippen LogP) is 3.71. The Balaban J connectivity index is 2.28. The molecule has 104 valence electrons. The molecule has 1 aromatic carbocycles. The zero-order chi connectivity index (χ0) is 14.7. The van der Waals surface area contributed by atoms with Gasteiger partial charge in [0.1, 0.15) is 5.03 Å². The molecule has 0 amide bonds. The summed E-state index contributed by atoms with van der Waals surface area (Å²) >= 11 is 5.00. The Kier molecular flexibility index (Phi) is 4.67. The van der Waals surface area contributed by atoms with Gasteiger partial charge in [-0.1, -0.05) is 16.9 Å². The Morgan fingerprint density at radius 2 is 2.05 bits per heavy atom. The molecule has 0 saturated carbocycles. The summed E-state index contributed by atoms with van der Waals surface area (Å²) in [6.07, 6.45) is 0. The maximum absolute atomic E-state index is 8.71. The minimum absolute atomic E-state index is 0.0814. The highest BCUT2D eigenvalue weighted by molar-refractivity contribution is 9.10. The van der Waals surface area contributed by atoms with Crippen LogP contribution in [0.4, 0.5) is 0 Å². The Labute approximate surface area is 130 Å². The molecule has 0 fully saturated rings. The lowest BCUT2D eigenvalue weighted by atomic mass is 10.2. The molecule has 1 aromatic heterocycles. The number of hydrogen-bond donors (Lipinski definition) is 2. The van der Waals surface area contributed by atoms with Crippen molar-refractivity contribution in [2.45, 2.75) is 23.8 Å². The number of amidine groups is 1. The van der Waals surface area contributed by atoms with Crippen LogP contribution in [0.25, 0.3) is 0 Å². The van der Waals surface area contributed by atoms with E-state index in [-0.39, 0.29) is 5.84 Å². The average molecular weight is 352 g/mol. The van der Waals surface area contributed by atoms with E-state index in [0.717, 1.165) is 20.1 Å². The maximum Gasteiger partial charge on any atom is 0.171 e. The van der Waals surface area contributed by atoms with Crippen LogP contribution in [0.15, 0.2) is 49.9 Å². The van der Waals surface area contributed by atoms with Gasteiger partial charge in [-0.05, 0) is 65.7 Å². The van der Waals surface area contributed by atoms with E-state index < -0.39 is 0 Å². The van der Waals surface area contributed by atoms with Gasteiger partial charge in [0.05, 0.1) is 0 Å². The fraction of sp³-hybridized carbons (Fsp3) is 0.143. The van der Waals surface area contributed by atoms with Gasteiger partial charge in [-0.25, -0.2) is 4.98 Å². The van der Waals surface area contributed by atoms with E-state index in [4.69, 9.17) is 10.9 Å². The highest BCUT2D eigenvalue weighted by Crippen LogP contribution is 2.30. The molecule has 0 aliphatic rings. The highest BCUT2D eigenvalue weighted by atomic mass is 79.9. The molecule has 0 unspecified atom stereocenters. The smallest absolute Gasteiger partial charge is 0.171 e. The van der Waals surface area contributed by atoms with Gasteiger partial charge in [0.15, 0.2) is 5.84 Å². The van der Waals surface area contributed by atoms with E-state index >= 15 is 0 Å². The molecular weight excluding hydrogens is 338 g/mol. The zero-order valence-electron chi connectivity index (χ0n) is 11.1. The van der Waals surface area contributed by atoms with Gasteiger partial charge in [-0.15, -0.1) is 0 Å². The van der Waals surface area contributed by atoms with Crippen molar-refractivity contribution in [3.8, 4) is 0 Å². The Bertz CT molecular complexity index is 653. The molecule has 0 aliphatic heterocycles. The molecule has 1 heterocycles. The van der Waals surface area contributed by atoms with Gasteiger partial charge in [-0.2, -0.15) is 0 Å². The first-order valence-corrected chi connectivity index (χ1v) is 7.51. The molecule has 0 spiro atoms. The van der Waals surface area contributed by atoms with Gasteiger partial charge < -0.3 is 10.9 Å². The number of hydrogen-bond acceptors (Lipinski definition) is 4. The third kappa shape index (κ3) is 3.52. The fourth-order valence-corrected chi connectivity index (χ4v) is 3.52. The van der Waals surface area contributed by atoms with Gasteiger partial charge in [0.2, 0.25) is 0 Å². The lowest BCUT2D eigenvalue weighted by Crippen LogP contribution is -2.13. The lowest BCUT2D eigenvalue weighted by molar-refractivity contribution is 0.318. The quantitative estimate of drug-likeness (QED) is 0.382. The monoisotopic (exact) mass is 351 g/mol. The Morgan fingerprint density at radius 1 is 1.30 bits per heavy atom. The number of rotatable bonds is 3.